The SMILES string of the molecule is C[C@]1(c2ccccc2)NC(=O)N(CC(=O)OCc2c(Cl)cccc2Cl)C1=O. The Morgan fingerprint density at radius 3 is 2.33 bits per heavy atom. The Labute approximate surface area is 166 Å². The van der Waals surface area contributed by atoms with E-state index in [2.05, 4.69) is 5.32 Å². The van der Waals surface area contributed by atoms with Gasteiger partial charge in [-0.3, -0.25) is 14.5 Å². The molecule has 0 bridgehead atoms. The minimum atomic E-state index is -1.23. The maximum atomic E-state index is 12.7. The highest BCUT2D eigenvalue weighted by molar-refractivity contribution is 6.35. The molecule has 0 aliphatic carbocycles. The van der Waals surface area contributed by atoms with Crippen LogP contribution in [0.4, 0.5) is 4.79 Å². The molecule has 0 unspecified atom stereocenters. The average Bonchev–Trinajstić information content (AvgIpc) is 2.86. The fourth-order valence-electron chi connectivity index (χ4n) is 2.81. The van der Waals surface area contributed by atoms with Crippen molar-refractivity contribution in [2.45, 2.75) is 19.1 Å². The number of hydrogen-bond donors (Lipinski definition) is 1. The number of rotatable bonds is 5. The van der Waals surface area contributed by atoms with Gasteiger partial charge in [-0.15, -0.1) is 0 Å². The van der Waals surface area contributed by atoms with Crippen molar-refractivity contribution in [3.63, 3.8) is 0 Å². The van der Waals surface area contributed by atoms with E-state index in [-0.39, 0.29) is 6.61 Å². The molecule has 8 heteroatoms. The van der Waals surface area contributed by atoms with E-state index in [1.54, 1.807) is 49.4 Å². The van der Waals surface area contributed by atoms with E-state index < -0.39 is 30.0 Å². The highest BCUT2D eigenvalue weighted by Gasteiger charge is 2.49. The van der Waals surface area contributed by atoms with Gasteiger partial charge >= 0.3 is 12.0 Å². The lowest BCUT2D eigenvalue weighted by molar-refractivity contribution is -0.148. The monoisotopic (exact) mass is 406 g/mol. The van der Waals surface area contributed by atoms with Crippen LogP contribution in [0.3, 0.4) is 0 Å². The van der Waals surface area contributed by atoms with Gasteiger partial charge in [0, 0.05) is 15.6 Å². The highest BCUT2D eigenvalue weighted by atomic mass is 35.5. The molecule has 6 nitrogen and oxygen atoms in total. The summed E-state index contributed by atoms with van der Waals surface area (Å²) in [6.07, 6.45) is 0. The van der Waals surface area contributed by atoms with Gasteiger partial charge in [0.25, 0.3) is 5.91 Å². The first kappa shape index (κ1) is 19.2. The van der Waals surface area contributed by atoms with Gasteiger partial charge < -0.3 is 10.1 Å². The number of amides is 3. The second-order valence-electron chi connectivity index (χ2n) is 6.17. The van der Waals surface area contributed by atoms with Crippen LogP contribution in [0, 0.1) is 0 Å². The van der Waals surface area contributed by atoms with Crippen molar-refractivity contribution in [2.24, 2.45) is 0 Å². The van der Waals surface area contributed by atoms with Crippen LogP contribution in [0.1, 0.15) is 18.1 Å². The van der Waals surface area contributed by atoms with Crippen molar-refractivity contribution in [3.05, 3.63) is 69.7 Å². The second kappa shape index (κ2) is 7.58. The zero-order chi connectivity index (χ0) is 19.6. The largest absolute Gasteiger partial charge is 0.459 e. The summed E-state index contributed by atoms with van der Waals surface area (Å²) in [5.74, 6) is -1.27. The van der Waals surface area contributed by atoms with E-state index >= 15 is 0 Å². The van der Waals surface area contributed by atoms with Crippen molar-refractivity contribution < 1.29 is 19.1 Å². The fraction of sp³-hybridized carbons (Fsp3) is 0.211. The Bertz CT molecular complexity index is 884. The van der Waals surface area contributed by atoms with Crippen LogP contribution in [-0.2, 0) is 26.5 Å². The van der Waals surface area contributed by atoms with Crippen LogP contribution in [0.25, 0.3) is 0 Å². The number of urea groups is 1. The molecule has 3 amide bonds. The van der Waals surface area contributed by atoms with E-state index in [9.17, 15) is 14.4 Å². The number of halogens is 2. The molecule has 0 spiro atoms. The summed E-state index contributed by atoms with van der Waals surface area (Å²) in [6.45, 7) is 0.934. The number of nitrogens with zero attached hydrogens (tertiary/aromatic N) is 1. The molecule has 1 atom stereocenters. The Hall–Kier alpha value is -2.57. The lowest BCUT2D eigenvalue weighted by Crippen LogP contribution is -2.41. The van der Waals surface area contributed by atoms with Gasteiger partial charge in [0.1, 0.15) is 18.7 Å². The summed E-state index contributed by atoms with van der Waals surface area (Å²) in [5.41, 5.74) is -0.146. The fourth-order valence-corrected chi connectivity index (χ4v) is 3.31. The van der Waals surface area contributed by atoms with Crippen molar-refractivity contribution in [2.75, 3.05) is 6.54 Å². The number of benzene rings is 2. The van der Waals surface area contributed by atoms with Crippen LogP contribution < -0.4 is 5.32 Å². The molecular weight excluding hydrogens is 391 g/mol. The second-order valence-corrected chi connectivity index (χ2v) is 6.99. The Morgan fingerprint density at radius 2 is 1.70 bits per heavy atom. The first-order chi connectivity index (χ1) is 12.8. The molecule has 1 aliphatic rings. The molecule has 2 aromatic rings. The van der Waals surface area contributed by atoms with Gasteiger partial charge in [-0.05, 0) is 24.6 Å². The summed E-state index contributed by atoms with van der Waals surface area (Å²) < 4.78 is 5.14. The number of ether oxygens (including phenoxy) is 1. The predicted octanol–water partition coefficient (Wildman–Crippen LogP) is 3.50. The third-order valence-electron chi connectivity index (χ3n) is 4.35. The maximum Gasteiger partial charge on any atom is 0.326 e. The van der Waals surface area contributed by atoms with Crippen LogP contribution in [0.2, 0.25) is 10.0 Å². The van der Waals surface area contributed by atoms with Crippen molar-refractivity contribution in [1.82, 2.24) is 10.2 Å². The lowest BCUT2D eigenvalue weighted by Gasteiger charge is -2.22. The van der Waals surface area contributed by atoms with Crippen LogP contribution in [0.5, 0.6) is 0 Å². The summed E-state index contributed by atoms with van der Waals surface area (Å²) in [7, 11) is 0. The quantitative estimate of drug-likeness (QED) is 0.608. The van der Waals surface area contributed by atoms with Gasteiger partial charge in [-0.25, -0.2) is 4.79 Å². The molecule has 2 aromatic carbocycles. The third-order valence-corrected chi connectivity index (χ3v) is 5.06. The molecule has 1 N–H and O–H groups in total. The molecule has 1 saturated heterocycles. The van der Waals surface area contributed by atoms with Gasteiger partial charge in [0.15, 0.2) is 0 Å². The first-order valence-electron chi connectivity index (χ1n) is 8.11. The van der Waals surface area contributed by atoms with Crippen molar-refractivity contribution >= 4 is 41.1 Å². The smallest absolute Gasteiger partial charge is 0.326 e. The molecule has 1 heterocycles. The van der Waals surface area contributed by atoms with Crippen molar-refractivity contribution in [3.8, 4) is 0 Å². The van der Waals surface area contributed by atoms with Gasteiger partial charge in [-0.1, -0.05) is 59.6 Å². The maximum absolute atomic E-state index is 12.7. The first-order valence-corrected chi connectivity index (χ1v) is 8.86. The zero-order valence-corrected chi connectivity index (χ0v) is 15.9. The molecule has 3 rings (SSSR count). The number of carbonyl (C=O) groups excluding carboxylic acids is 3. The van der Waals surface area contributed by atoms with Crippen LogP contribution >= 0.6 is 23.2 Å². The van der Waals surface area contributed by atoms with E-state index in [4.69, 9.17) is 27.9 Å². The lowest BCUT2D eigenvalue weighted by atomic mass is 9.92. The predicted molar refractivity (Wildman–Crippen MR) is 100 cm³/mol. The molecule has 140 valence electrons. The highest BCUT2D eigenvalue weighted by Crippen LogP contribution is 2.29. The Kier molecular flexibility index (Phi) is 5.39. The standard InChI is InChI=1S/C19H16Cl2N2O4/c1-19(12-6-3-2-4-7-12)17(25)23(18(26)22-19)10-16(24)27-11-13-14(20)8-5-9-15(13)21/h2-9H,10-11H2,1H3,(H,22,26)/t19-/m1/s1. The molecule has 0 aromatic heterocycles. The molecule has 0 radical (unpaired) electrons. The summed E-state index contributed by atoms with van der Waals surface area (Å²) in [6, 6.07) is 13.1. The Balaban J connectivity index is 1.68. The summed E-state index contributed by atoms with van der Waals surface area (Å²) >= 11 is 12.1. The van der Waals surface area contributed by atoms with E-state index in [0.717, 1.165) is 4.90 Å². The van der Waals surface area contributed by atoms with E-state index in [0.29, 0.717) is 21.2 Å². The number of hydrogen-bond acceptors (Lipinski definition) is 4. The number of carbonyl (C=O) groups is 3. The number of esters is 1. The topological polar surface area (TPSA) is 75.7 Å². The summed E-state index contributed by atoms with van der Waals surface area (Å²) in [4.78, 5) is 38.0. The van der Waals surface area contributed by atoms with Gasteiger partial charge in [-0.2, -0.15) is 0 Å². The molecule has 27 heavy (non-hydrogen) atoms. The Morgan fingerprint density at radius 1 is 1.07 bits per heavy atom. The molecule has 1 fully saturated rings. The van der Waals surface area contributed by atoms with E-state index in [1.807, 2.05) is 6.07 Å². The zero-order valence-electron chi connectivity index (χ0n) is 14.4. The summed E-state index contributed by atoms with van der Waals surface area (Å²) in [5, 5.41) is 3.36. The minimum Gasteiger partial charge on any atom is -0.459 e. The molecular formula is C19H16Cl2N2O4. The number of nitrogens with one attached hydrogen (secondary N) is 1. The third kappa shape index (κ3) is 3.77. The molecule has 1 aliphatic heterocycles. The number of imide groups is 1. The normalized spacial score (nSPS) is 19.1. The average molecular weight is 407 g/mol. The van der Waals surface area contributed by atoms with Crippen LogP contribution in [0.15, 0.2) is 48.5 Å². The van der Waals surface area contributed by atoms with Crippen LogP contribution in [-0.4, -0.2) is 29.4 Å². The minimum absolute atomic E-state index is 0.156. The van der Waals surface area contributed by atoms with Gasteiger partial charge in [0.05, 0.1) is 0 Å². The molecule has 0 saturated carbocycles. The van der Waals surface area contributed by atoms with Crippen molar-refractivity contribution in [1.29, 1.82) is 0 Å². The van der Waals surface area contributed by atoms with Gasteiger partial charge in [0.2, 0.25) is 0 Å². The van der Waals surface area contributed by atoms with E-state index in [1.165, 1.54) is 0 Å².